The van der Waals surface area contributed by atoms with E-state index in [1.165, 1.54) is 18.1 Å². The third-order valence-corrected chi connectivity index (χ3v) is 7.73. The second-order valence-electron chi connectivity index (χ2n) is 8.83. The molecule has 3 rings (SSSR count). The molecular formula is C28H31Cl2N3O5S. The van der Waals surface area contributed by atoms with Gasteiger partial charge in [-0.05, 0) is 42.3 Å². The van der Waals surface area contributed by atoms with Gasteiger partial charge in [0.2, 0.25) is 21.8 Å². The highest BCUT2D eigenvalue weighted by atomic mass is 35.5. The van der Waals surface area contributed by atoms with Gasteiger partial charge in [0, 0.05) is 35.6 Å². The average Bonchev–Trinajstić information content (AvgIpc) is 2.90. The molecule has 0 saturated heterocycles. The molecule has 0 fully saturated rings. The number of ether oxygens (including phenoxy) is 1. The van der Waals surface area contributed by atoms with Crippen molar-refractivity contribution in [1.29, 1.82) is 0 Å². The number of rotatable bonds is 12. The fraction of sp³-hybridized carbons (Fsp3) is 0.286. The summed E-state index contributed by atoms with van der Waals surface area (Å²) in [6, 6.07) is 19.6. The Labute approximate surface area is 239 Å². The number of anilines is 1. The lowest BCUT2D eigenvalue weighted by molar-refractivity contribution is -0.140. The van der Waals surface area contributed by atoms with Crippen LogP contribution in [0.2, 0.25) is 10.0 Å². The van der Waals surface area contributed by atoms with Crippen molar-refractivity contribution >= 4 is 50.7 Å². The van der Waals surface area contributed by atoms with Gasteiger partial charge in [-0.2, -0.15) is 0 Å². The van der Waals surface area contributed by atoms with Crippen molar-refractivity contribution in [3.05, 3.63) is 94.0 Å². The zero-order valence-corrected chi connectivity index (χ0v) is 24.3. The Morgan fingerprint density at radius 3 is 2.33 bits per heavy atom. The van der Waals surface area contributed by atoms with Gasteiger partial charge in [0.05, 0.1) is 19.1 Å². The first-order valence-corrected chi connectivity index (χ1v) is 14.8. The van der Waals surface area contributed by atoms with E-state index in [1.54, 1.807) is 43.3 Å². The van der Waals surface area contributed by atoms with Crippen LogP contribution in [-0.2, 0) is 32.6 Å². The van der Waals surface area contributed by atoms with Gasteiger partial charge >= 0.3 is 0 Å². The Morgan fingerprint density at radius 2 is 1.72 bits per heavy atom. The molecule has 0 spiro atoms. The summed E-state index contributed by atoms with van der Waals surface area (Å²) in [7, 11) is -2.42. The number of sulfonamides is 1. The van der Waals surface area contributed by atoms with E-state index in [0.717, 1.165) is 16.1 Å². The summed E-state index contributed by atoms with van der Waals surface area (Å²) >= 11 is 12.5. The molecule has 1 unspecified atom stereocenters. The Kier molecular flexibility index (Phi) is 10.6. The van der Waals surface area contributed by atoms with Gasteiger partial charge in [0.25, 0.3) is 0 Å². The standard InChI is InChI=1S/C28H31Cl2N3O5S/c1-4-31-28(35)26(15-20-9-6-5-7-10-20)32(18-21-13-14-22(29)16-25(21)30)27(34)19-33(39(3,36)37)23-11-8-12-24(17-23)38-2/h5-14,16-17,26H,4,15,18-19H2,1-3H3,(H,31,35). The fourth-order valence-electron chi connectivity index (χ4n) is 4.06. The first-order valence-electron chi connectivity index (χ1n) is 12.2. The molecule has 0 bridgehead atoms. The van der Waals surface area contributed by atoms with Crippen molar-refractivity contribution in [2.24, 2.45) is 0 Å². The van der Waals surface area contributed by atoms with Crippen molar-refractivity contribution in [2.45, 2.75) is 25.9 Å². The van der Waals surface area contributed by atoms with E-state index in [2.05, 4.69) is 5.32 Å². The van der Waals surface area contributed by atoms with Gasteiger partial charge in [-0.3, -0.25) is 13.9 Å². The lowest BCUT2D eigenvalue weighted by atomic mass is 10.0. The van der Waals surface area contributed by atoms with Crippen LogP contribution in [-0.4, -0.2) is 57.6 Å². The first-order chi connectivity index (χ1) is 18.5. The molecule has 0 heterocycles. The van der Waals surface area contributed by atoms with E-state index in [0.29, 0.717) is 27.9 Å². The van der Waals surface area contributed by atoms with Gasteiger partial charge < -0.3 is 15.0 Å². The zero-order valence-electron chi connectivity index (χ0n) is 21.9. The maximum absolute atomic E-state index is 14.0. The maximum atomic E-state index is 14.0. The Balaban J connectivity index is 2.07. The van der Waals surface area contributed by atoms with Crippen LogP contribution in [0.4, 0.5) is 5.69 Å². The minimum atomic E-state index is -3.89. The Hall–Kier alpha value is -3.27. The van der Waals surface area contributed by atoms with Crippen LogP contribution in [0.25, 0.3) is 0 Å². The number of benzene rings is 3. The monoisotopic (exact) mass is 591 g/mol. The fourth-order valence-corrected chi connectivity index (χ4v) is 5.37. The second kappa shape index (κ2) is 13.7. The van der Waals surface area contributed by atoms with Crippen molar-refractivity contribution in [1.82, 2.24) is 10.2 Å². The number of carbonyl (C=O) groups is 2. The highest BCUT2D eigenvalue weighted by Crippen LogP contribution is 2.26. The second-order valence-corrected chi connectivity index (χ2v) is 11.6. The predicted octanol–water partition coefficient (Wildman–Crippen LogP) is 4.54. The number of hydrogen-bond donors (Lipinski definition) is 1. The maximum Gasteiger partial charge on any atom is 0.244 e. The lowest BCUT2D eigenvalue weighted by Crippen LogP contribution is -2.53. The van der Waals surface area contributed by atoms with Crippen molar-refractivity contribution in [3.63, 3.8) is 0 Å². The molecular weight excluding hydrogens is 561 g/mol. The Morgan fingerprint density at radius 1 is 1.00 bits per heavy atom. The third-order valence-electron chi connectivity index (χ3n) is 6.00. The lowest BCUT2D eigenvalue weighted by Gasteiger charge is -2.33. The molecule has 3 aromatic carbocycles. The number of halogens is 2. The summed E-state index contributed by atoms with van der Waals surface area (Å²) in [6.45, 7) is 1.56. The molecule has 0 saturated carbocycles. The van der Waals surface area contributed by atoms with Crippen molar-refractivity contribution in [3.8, 4) is 5.75 Å². The quantitative estimate of drug-likeness (QED) is 0.333. The number of nitrogens with zero attached hydrogens (tertiary/aromatic N) is 2. The van der Waals surface area contributed by atoms with E-state index in [9.17, 15) is 18.0 Å². The van der Waals surface area contributed by atoms with E-state index in [1.807, 2.05) is 30.3 Å². The van der Waals surface area contributed by atoms with Crippen LogP contribution in [0.5, 0.6) is 5.75 Å². The molecule has 0 aliphatic rings. The normalized spacial score (nSPS) is 11.9. The minimum absolute atomic E-state index is 0.0425. The summed E-state index contributed by atoms with van der Waals surface area (Å²) in [5.41, 5.74) is 1.65. The SMILES string of the molecule is CCNC(=O)C(Cc1ccccc1)N(Cc1ccc(Cl)cc1Cl)C(=O)CN(c1cccc(OC)c1)S(C)(=O)=O. The van der Waals surface area contributed by atoms with Crippen LogP contribution in [0.3, 0.4) is 0 Å². The van der Waals surface area contributed by atoms with Gasteiger partial charge in [0.1, 0.15) is 18.3 Å². The van der Waals surface area contributed by atoms with Gasteiger partial charge in [0.15, 0.2) is 0 Å². The molecule has 1 atom stereocenters. The van der Waals surface area contributed by atoms with E-state index in [4.69, 9.17) is 27.9 Å². The van der Waals surface area contributed by atoms with E-state index >= 15 is 0 Å². The molecule has 3 aromatic rings. The van der Waals surface area contributed by atoms with Gasteiger partial charge in [-0.1, -0.05) is 65.7 Å². The summed E-state index contributed by atoms with van der Waals surface area (Å²) in [4.78, 5) is 28.7. The first kappa shape index (κ1) is 30.3. The van der Waals surface area contributed by atoms with Crippen molar-refractivity contribution < 1.29 is 22.7 Å². The van der Waals surface area contributed by atoms with Crippen LogP contribution in [0.15, 0.2) is 72.8 Å². The molecule has 1 N–H and O–H groups in total. The third kappa shape index (κ3) is 8.36. The number of amides is 2. The molecule has 2 amide bonds. The Bertz CT molecular complexity index is 1400. The van der Waals surface area contributed by atoms with E-state index < -0.39 is 28.5 Å². The molecule has 0 aromatic heterocycles. The molecule has 0 aliphatic carbocycles. The van der Waals surface area contributed by atoms with Crippen LogP contribution >= 0.6 is 23.2 Å². The summed E-state index contributed by atoms with van der Waals surface area (Å²) in [6.07, 6.45) is 1.23. The van der Waals surface area contributed by atoms with Crippen molar-refractivity contribution in [2.75, 3.05) is 30.8 Å². The largest absolute Gasteiger partial charge is 0.497 e. The minimum Gasteiger partial charge on any atom is -0.497 e. The predicted molar refractivity (Wildman–Crippen MR) is 155 cm³/mol. The topological polar surface area (TPSA) is 96.0 Å². The zero-order chi connectivity index (χ0) is 28.6. The molecule has 0 aliphatic heterocycles. The van der Waals surface area contributed by atoms with Gasteiger partial charge in [-0.25, -0.2) is 8.42 Å². The molecule has 208 valence electrons. The number of methoxy groups -OCH3 is 1. The van der Waals surface area contributed by atoms with Crippen LogP contribution < -0.4 is 14.4 Å². The number of likely N-dealkylation sites (N-methyl/N-ethyl adjacent to an activating group) is 1. The van der Waals surface area contributed by atoms with Gasteiger partial charge in [-0.15, -0.1) is 0 Å². The number of nitrogens with one attached hydrogen (secondary N) is 1. The summed E-state index contributed by atoms with van der Waals surface area (Å²) in [5, 5.41) is 3.55. The molecule has 11 heteroatoms. The van der Waals surface area contributed by atoms with Crippen LogP contribution in [0, 0.1) is 0 Å². The van der Waals surface area contributed by atoms with Crippen LogP contribution in [0.1, 0.15) is 18.1 Å². The smallest absolute Gasteiger partial charge is 0.244 e. The number of hydrogen-bond acceptors (Lipinski definition) is 5. The van der Waals surface area contributed by atoms with E-state index in [-0.39, 0.29) is 24.6 Å². The molecule has 39 heavy (non-hydrogen) atoms. The summed E-state index contributed by atoms with van der Waals surface area (Å²) in [5.74, 6) is -0.517. The molecule has 8 nitrogen and oxygen atoms in total. The number of carbonyl (C=O) groups excluding carboxylic acids is 2. The highest BCUT2D eigenvalue weighted by Gasteiger charge is 2.33. The molecule has 0 radical (unpaired) electrons. The highest BCUT2D eigenvalue weighted by molar-refractivity contribution is 7.92. The average molecular weight is 593 g/mol. The summed E-state index contributed by atoms with van der Waals surface area (Å²) < 4.78 is 31.9.